The van der Waals surface area contributed by atoms with Crippen LogP contribution in [-0.2, 0) is 0 Å². The third kappa shape index (κ3) is 4.78. The highest BCUT2D eigenvalue weighted by molar-refractivity contribution is 5.50. The maximum atomic E-state index is 10.8. The van der Waals surface area contributed by atoms with Crippen molar-refractivity contribution in [3.05, 3.63) is 70.3 Å². The van der Waals surface area contributed by atoms with Crippen LogP contribution in [0.25, 0.3) is 0 Å². The number of rotatable bonds is 6. The first-order valence-electron chi connectivity index (χ1n) is 8.58. The smallest absolute Gasteiger partial charge is 0.269 e. The molecule has 0 radical (unpaired) electrons. The molecule has 0 amide bonds. The minimum atomic E-state index is -0.372. The monoisotopic (exact) mass is 340 g/mol. The van der Waals surface area contributed by atoms with Crippen LogP contribution in [0.2, 0.25) is 0 Å². The van der Waals surface area contributed by atoms with Crippen molar-refractivity contribution in [2.24, 2.45) is 0 Å². The molecule has 0 spiro atoms. The second-order valence-corrected chi connectivity index (χ2v) is 6.52. The Labute approximate surface area is 148 Å². The minimum Gasteiger partial charge on any atom is -0.377 e. The molecule has 2 aromatic carbocycles. The van der Waals surface area contributed by atoms with Gasteiger partial charge >= 0.3 is 0 Å². The summed E-state index contributed by atoms with van der Waals surface area (Å²) in [4.78, 5) is 15.3. The van der Waals surface area contributed by atoms with E-state index >= 15 is 0 Å². The molecule has 0 aromatic heterocycles. The number of likely N-dealkylation sites (N-methyl/N-ethyl adjacent to an activating group) is 1. The number of hydrogen-bond donors (Lipinski definition) is 1. The zero-order chi connectivity index (χ0) is 17.6. The molecule has 6 nitrogen and oxygen atoms in total. The summed E-state index contributed by atoms with van der Waals surface area (Å²) >= 11 is 0. The zero-order valence-corrected chi connectivity index (χ0v) is 14.5. The Morgan fingerprint density at radius 1 is 1.04 bits per heavy atom. The van der Waals surface area contributed by atoms with E-state index < -0.39 is 0 Å². The number of nitrogens with zero attached hydrogens (tertiary/aromatic N) is 3. The van der Waals surface area contributed by atoms with Gasteiger partial charge in [0, 0.05) is 50.5 Å². The Hall–Kier alpha value is -2.44. The highest BCUT2D eigenvalue weighted by Gasteiger charge is 2.20. The lowest BCUT2D eigenvalue weighted by Crippen LogP contribution is -2.46. The van der Waals surface area contributed by atoms with Crippen molar-refractivity contribution < 1.29 is 4.92 Å². The van der Waals surface area contributed by atoms with Gasteiger partial charge in [0.15, 0.2) is 0 Å². The Morgan fingerprint density at radius 3 is 2.28 bits per heavy atom. The lowest BCUT2D eigenvalue weighted by atomic mass is 10.1. The van der Waals surface area contributed by atoms with E-state index in [0.717, 1.165) is 38.4 Å². The maximum Gasteiger partial charge on any atom is 0.269 e. The summed E-state index contributed by atoms with van der Waals surface area (Å²) in [5.41, 5.74) is 2.23. The van der Waals surface area contributed by atoms with Gasteiger partial charge in [-0.2, -0.15) is 0 Å². The maximum absolute atomic E-state index is 10.8. The van der Waals surface area contributed by atoms with Gasteiger partial charge in [0.1, 0.15) is 0 Å². The fraction of sp³-hybridized carbons (Fsp3) is 0.368. The van der Waals surface area contributed by atoms with Crippen molar-refractivity contribution in [1.82, 2.24) is 9.80 Å². The van der Waals surface area contributed by atoms with Gasteiger partial charge in [0.05, 0.1) is 11.0 Å². The summed E-state index contributed by atoms with van der Waals surface area (Å²) in [5.74, 6) is 0. The summed E-state index contributed by atoms with van der Waals surface area (Å²) < 4.78 is 0. The summed E-state index contributed by atoms with van der Waals surface area (Å²) in [6.45, 7) is 5.19. The molecule has 0 bridgehead atoms. The normalized spacial score (nSPS) is 17.2. The van der Waals surface area contributed by atoms with Gasteiger partial charge in [-0.25, -0.2) is 0 Å². The van der Waals surface area contributed by atoms with Gasteiger partial charge in [-0.3, -0.25) is 15.0 Å². The third-order valence-corrected chi connectivity index (χ3v) is 4.66. The fourth-order valence-corrected chi connectivity index (χ4v) is 3.09. The van der Waals surface area contributed by atoms with Crippen LogP contribution in [0.4, 0.5) is 11.4 Å². The highest BCUT2D eigenvalue weighted by atomic mass is 16.6. The van der Waals surface area contributed by atoms with Crippen molar-refractivity contribution in [2.45, 2.75) is 6.04 Å². The SMILES string of the molecule is CN1CCN(CC(Nc2ccc([N+](=O)[O-])cc2)c2ccccc2)CC1. The van der Waals surface area contributed by atoms with Gasteiger partial charge in [0.25, 0.3) is 5.69 Å². The lowest BCUT2D eigenvalue weighted by Gasteiger charge is -2.35. The molecule has 1 atom stereocenters. The largest absolute Gasteiger partial charge is 0.377 e. The van der Waals surface area contributed by atoms with Crippen molar-refractivity contribution in [3.63, 3.8) is 0 Å². The Bertz CT molecular complexity index is 682. The van der Waals surface area contributed by atoms with Crippen molar-refractivity contribution in [2.75, 3.05) is 45.1 Å². The van der Waals surface area contributed by atoms with Gasteiger partial charge in [0.2, 0.25) is 0 Å². The highest BCUT2D eigenvalue weighted by Crippen LogP contribution is 2.23. The van der Waals surface area contributed by atoms with Gasteiger partial charge in [-0.1, -0.05) is 30.3 Å². The molecular weight excluding hydrogens is 316 g/mol. The standard InChI is InChI=1S/C19H24N4O2/c1-21-11-13-22(14-12-21)15-19(16-5-3-2-4-6-16)20-17-7-9-18(10-8-17)23(24)25/h2-10,19-20H,11-15H2,1H3. The predicted octanol–water partition coefficient (Wildman–Crippen LogP) is 3.00. The molecule has 1 unspecified atom stereocenters. The molecule has 1 N–H and O–H groups in total. The van der Waals surface area contributed by atoms with Crippen LogP contribution >= 0.6 is 0 Å². The van der Waals surface area contributed by atoms with Crippen LogP contribution in [0, 0.1) is 10.1 Å². The van der Waals surface area contributed by atoms with E-state index in [4.69, 9.17) is 0 Å². The molecule has 1 aliphatic heterocycles. The van der Waals surface area contributed by atoms with Gasteiger partial charge in [-0.15, -0.1) is 0 Å². The van der Waals surface area contributed by atoms with E-state index in [1.165, 1.54) is 5.56 Å². The number of anilines is 1. The number of benzene rings is 2. The van der Waals surface area contributed by atoms with E-state index in [9.17, 15) is 10.1 Å². The van der Waals surface area contributed by atoms with Crippen LogP contribution in [0.1, 0.15) is 11.6 Å². The predicted molar refractivity (Wildman–Crippen MR) is 99.8 cm³/mol. The van der Waals surface area contributed by atoms with Gasteiger partial charge < -0.3 is 10.2 Å². The lowest BCUT2D eigenvalue weighted by molar-refractivity contribution is -0.384. The molecule has 132 valence electrons. The molecule has 6 heteroatoms. The molecule has 0 saturated carbocycles. The molecule has 0 aliphatic carbocycles. The molecule has 1 heterocycles. The number of non-ortho nitro benzene ring substituents is 1. The van der Waals surface area contributed by atoms with E-state index in [-0.39, 0.29) is 16.7 Å². The molecule has 1 aliphatic rings. The second kappa shape index (κ2) is 8.09. The van der Waals surface area contributed by atoms with Crippen LogP contribution in [-0.4, -0.2) is 54.5 Å². The van der Waals surface area contributed by atoms with E-state index in [1.807, 2.05) is 18.2 Å². The summed E-state index contributed by atoms with van der Waals surface area (Å²) in [5, 5.41) is 14.4. The van der Waals surface area contributed by atoms with Crippen molar-refractivity contribution in [3.8, 4) is 0 Å². The average molecular weight is 340 g/mol. The van der Waals surface area contributed by atoms with E-state index in [2.05, 4.69) is 34.3 Å². The van der Waals surface area contributed by atoms with Crippen LogP contribution in [0.3, 0.4) is 0 Å². The minimum absolute atomic E-state index is 0.112. The molecule has 1 saturated heterocycles. The number of piperazine rings is 1. The molecule has 2 aromatic rings. The van der Waals surface area contributed by atoms with Crippen LogP contribution in [0.5, 0.6) is 0 Å². The fourth-order valence-electron chi connectivity index (χ4n) is 3.09. The number of nitro groups is 1. The zero-order valence-electron chi connectivity index (χ0n) is 14.5. The molecule has 25 heavy (non-hydrogen) atoms. The quantitative estimate of drug-likeness (QED) is 0.647. The Balaban J connectivity index is 1.73. The second-order valence-electron chi connectivity index (χ2n) is 6.52. The number of nitro benzene ring substituents is 1. The summed E-state index contributed by atoms with van der Waals surface area (Å²) in [7, 11) is 2.15. The molecule has 1 fully saturated rings. The van der Waals surface area contributed by atoms with E-state index in [0.29, 0.717) is 0 Å². The Morgan fingerprint density at radius 2 is 1.68 bits per heavy atom. The summed E-state index contributed by atoms with van der Waals surface area (Å²) in [6, 6.07) is 17.1. The first kappa shape index (κ1) is 17.4. The topological polar surface area (TPSA) is 61.6 Å². The first-order valence-corrected chi connectivity index (χ1v) is 8.58. The van der Waals surface area contributed by atoms with E-state index in [1.54, 1.807) is 24.3 Å². The Kier molecular flexibility index (Phi) is 5.63. The van der Waals surface area contributed by atoms with Crippen LogP contribution in [0.15, 0.2) is 54.6 Å². The number of nitrogens with one attached hydrogen (secondary N) is 1. The summed E-state index contributed by atoms with van der Waals surface area (Å²) in [6.07, 6.45) is 0. The van der Waals surface area contributed by atoms with Crippen LogP contribution < -0.4 is 5.32 Å². The third-order valence-electron chi connectivity index (χ3n) is 4.66. The van der Waals surface area contributed by atoms with Gasteiger partial charge in [-0.05, 0) is 24.7 Å². The van der Waals surface area contributed by atoms with Crippen molar-refractivity contribution >= 4 is 11.4 Å². The molecular formula is C19H24N4O2. The number of hydrogen-bond acceptors (Lipinski definition) is 5. The molecule has 3 rings (SSSR count). The first-order chi connectivity index (χ1) is 12.1. The average Bonchev–Trinajstić information content (AvgIpc) is 2.64. The van der Waals surface area contributed by atoms with Crippen molar-refractivity contribution in [1.29, 1.82) is 0 Å².